The Hall–Kier alpha value is -1.44. The van der Waals surface area contributed by atoms with Gasteiger partial charge in [0.05, 0.1) is 12.8 Å². The highest BCUT2D eigenvalue weighted by Gasteiger charge is 2.23. The average molecular weight is 353 g/mol. The molecule has 0 unspecified atom stereocenters. The molecule has 2 N–H and O–H groups in total. The van der Waals surface area contributed by atoms with Crippen LogP contribution in [0.25, 0.3) is 0 Å². The molecule has 0 radical (unpaired) electrons. The lowest BCUT2D eigenvalue weighted by atomic mass is 10.1. The summed E-state index contributed by atoms with van der Waals surface area (Å²) in [4.78, 5) is 14.4. The molecule has 1 aromatic rings. The fourth-order valence-corrected chi connectivity index (χ4v) is 3.94. The summed E-state index contributed by atoms with van der Waals surface area (Å²) < 4.78 is 25.2. The van der Waals surface area contributed by atoms with Gasteiger partial charge in [0.25, 0.3) is 0 Å². The van der Waals surface area contributed by atoms with E-state index >= 15 is 0 Å². The predicted octanol–water partition coefficient (Wildman–Crippen LogP) is 1.51. The number of carbonyl (C=O) groups is 1. The Morgan fingerprint density at radius 2 is 1.96 bits per heavy atom. The number of piperidine rings is 1. The second-order valence-corrected chi connectivity index (χ2v) is 8.23. The molecule has 2 rings (SSSR count). The van der Waals surface area contributed by atoms with Crippen LogP contribution in [0.2, 0.25) is 0 Å². The number of aryl methyl sites for hydroxylation is 2. The lowest BCUT2D eigenvalue weighted by molar-refractivity contribution is -0.117. The molecule has 0 bridgehead atoms. The van der Waals surface area contributed by atoms with Gasteiger partial charge in [-0.05, 0) is 37.3 Å². The van der Waals surface area contributed by atoms with Gasteiger partial charge in [0.15, 0.2) is 0 Å². The van der Waals surface area contributed by atoms with E-state index < -0.39 is 10.0 Å². The number of nitrogens with one attached hydrogen (secondary N) is 2. The number of rotatable bonds is 6. The summed E-state index contributed by atoms with van der Waals surface area (Å²) in [5, 5.41) is 3.03. The molecule has 6 nitrogen and oxygen atoms in total. The van der Waals surface area contributed by atoms with E-state index in [4.69, 9.17) is 0 Å². The van der Waals surface area contributed by atoms with Crippen molar-refractivity contribution >= 4 is 21.6 Å². The van der Waals surface area contributed by atoms with Crippen LogP contribution in [0.1, 0.15) is 30.9 Å². The van der Waals surface area contributed by atoms with Crippen LogP contribution < -0.4 is 10.0 Å². The topological polar surface area (TPSA) is 78.5 Å². The number of hydrogen-bond acceptors (Lipinski definition) is 4. The monoisotopic (exact) mass is 353 g/mol. The van der Waals surface area contributed by atoms with E-state index in [0.29, 0.717) is 6.54 Å². The van der Waals surface area contributed by atoms with Crippen LogP contribution in [0.3, 0.4) is 0 Å². The molecule has 1 aliphatic rings. The molecule has 7 heteroatoms. The minimum Gasteiger partial charge on any atom is -0.324 e. The van der Waals surface area contributed by atoms with E-state index in [2.05, 4.69) is 21.9 Å². The van der Waals surface area contributed by atoms with Gasteiger partial charge >= 0.3 is 0 Å². The quantitative estimate of drug-likeness (QED) is 0.813. The predicted molar refractivity (Wildman–Crippen MR) is 96.6 cm³/mol. The third-order valence-corrected chi connectivity index (χ3v) is 5.10. The summed E-state index contributed by atoms with van der Waals surface area (Å²) in [5.74, 6) is -0.0199. The molecular formula is C17H27N3O3S. The average Bonchev–Trinajstić information content (AvgIpc) is 2.50. The third-order valence-electron chi connectivity index (χ3n) is 4.34. The van der Waals surface area contributed by atoms with Gasteiger partial charge in [-0.2, -0.15) is 0 Å². The molecule has 1 aliphatic heterocycles. The molecule has 134 valence electrons. The Balaban J connectivity index is 1.86. The molecule has 0 spiro atoms. The summed E-state index contributed by atoms with van der Waals surface area (Å²) in [5.41, 5.74) is 3.12. The molecule has 1 aromatic carbocycles. The molecule has 24 heavy (non-hydrogen) atoms. The van der Waals surface area contributed by atoms with E-state index in [1.165, 1.54) is 6.26 Å². The first-order valence-electron chi connectivity index (χ1n) is 8.36. The smallest absolute Gasteiger partial charge is 0.238 e. The second-order valence-electron chi connectivity index (χ2n) is 6.45. The van der Waals surface area contributed by atoms with Crippen molar-refractivity contribution in [1.82, 2.24) is 9.62 Å². The van der Waals surface area contributed by atoms with Crippen molar-refractivity contribution in [3.63, 3.8) is 0 Å². The number of para-hydroxylation sites is 1. The zero-order chi connectivity index (χ0) is 17.7. The van der Waals surface area contributed by atoms with Crippen molar-refractivity contribution in [3.05, 3.63) is 29.3 Å². The highest BCUT2D eigenvalue weighted by atomic mass is 32.2. The number of benzene rings is 1. The molecule has 0 atom stereocenters. The van der Waals surface area contributed by atoms with Crippen LogP contribution in [-0.4, -0.2) is 51.2 Å². The minimum absolute atomic E-state index is 0.0199. The maximum Gasteiger partial charge on any atom is 0.238 e. The Morgan fingerprint density at radius 1 is 1.29 bits per heavy atom. The zero-order valence-electron chi connectivity index (χ0n) is 14.6. The highest BCUT2D eigenvalue weighted by Crippen LogP contribution is 2.21. The maximum absolute atomic E-state index is 12.3. The van der Waals surface area contributed by atoms with E-state index in [0.717, 1.165) is 49.2 Å². The molecule has 1 saturated heterocycles. The maximum atomic E-state index is 12.3. The summed E-state index contributed by atoms with van der Waals surface area (Å²) in [7, 11) is -3.17. The van der Waals surface area contributed by atoms with Crippen LogP contribution in [0.4, 0.5) is 5.69 Å². The Bertz CT molecular complexity index is 680. The van der Waals surface area contributed by atoms with E-state index in [9.17, 15) is 13.2 Å². The molecule has 0 aromatic heterocycles. The van der Waals surface area contributed by atoms with Crippen LogP contribution >= 0.6 is 0 Å². The zero-order valence-corrected chi connectivity index (χ0v) is 15.4. The van der Waals surface area contributed by atoms with Gasteiger partial charge in [0.2, 0.25) is 15.9 Å². The molecule has 1 heterocycles. The van der Waals surface area contributed by atoms with Crippen molar-refractivity contribution in [2.24, 2.45) is 0 Å². The number of hydrogen-bond donors (Lipinski definition) is 2. The van der Waals surface area contributed by atoms with Crippen molar-refractivity contribution in [2.75, 3.05) is 31.2 Å². The van der Waals surface area contributed by atoms with Crippen LogP contribution in [0.15, 0.2) is 18.2 Å². The SMILES string of the molecule is CCc1cccc(C)c1NC(=O)CN1CCC(NS(C)(=O)=O)CC1. The first kappa shape index (κ1) is 18.9. The number of likely N-dealkylation sites (tertiary alicyclic amines) is 1. The Kier molecular flexibility index (Phi) is 6.37. The van der Waals surface area contributed by atoms with E-state index in [1.54, 1.807) is 0 Å². The summed E-state index contributed by atoms with van der Waals surface area (Å²) >= 11 is 0. The van der Waals surface area contributed by atoms with Gasteiger partial charge < -0.3 is 5.32 Å². The molecule has 0 aliphatic carbocycles. The van der Waals surface area contributed by atoms with Gasteiger partial charge in [-0.15, -0.1) is 0 Å². The van der Waals surface area contributed by atoms with E-state index in [-0.39, 0.29) is 11.9 Å². The lowest BCUT2D eigenvalue weighted by Gasteiger charge is -2.31. The van der Waals surface area contributed by atoms with Crippen molar-refractivity contribution in [1.29, 1.82) is 0 Å². The van der Waals surface area contributed by atoms with Crippen LogP contribution in [-0.2, 0) is 21.2 Å². The third kappa shape index (κ3) is 5.58. The summed E-state index contributed by atoms with van der Waals surface area (Å²) in [6.07, 6.45) is 3.51. The molecular weight excluding hydrogens is 326 g/mol. The fraction of sp³-hybridized carbons (Fsp3) is 0.588. The number of anilines is 1. The highest BCUT2D eigenvalue weighted by molar-refractivity contribution is 7.88. The fourth-order valence-electron chi connectivity index (χ4n) is 3.10. The van der Waals surface area contributed by atoms with Gasteiger partial charge in [0.1, 0.15) is 0 Å². The van der Waals surface area contributed by atoms with Crippen LogP contribution in [0, 0.1) is 6.92 Å². The van der Waals surface area contributed by atoms with Gasteiger partial charge in [-0.25, -0.2) is 13.1 Å². The largest absolute Gasteiger partial charge is 0.324 e. The molecule has 1 fully saturated rings. The van der Waals surface area contributed by atoms with Gasteiger partial charge in [-0.1, -0.05) is 25.1 Å². The number of nitrogens with zero attached hydrogens (tertiary/aromatic N) is 1. The first-order valence-corrected chi connectivity index (χ1v) is 10.3. The molecule has 1 amide bonds. The number of sulfonamides is 1. The summed E-state index contributed by atoms with van der Waals surface area (Å²) in [6, 6.07) is 6.01. The molecule has 0 saturated carbocycles. The summed E-state index contributed by atoms with van der Waals surface area (Å²) in [6.45, 7) is 5.84. The van der Waals surface area contributed by atoms with E-state index in [1.807, 2.05) is 25.1 Å². The van der Waals surface area contributed by atoms with Gasteiger partial charge in [0, 0.05) is 24.8 Å². The van der Waals surface area contributed by atoms with Gasteiger partial charge in [-0.3, -0.25) is 9.69 Å². The Morgan fingerprint density at radius 3 is 2.54 bits per heavy atom. The first-order chi connectivity index (χ1) is 11.3. The standard InChI is InChI=1S/C17H27N3O3S/c1-4-14-7-5-6-13(2)17(14)18-16(21)12-20-10-8-15(9-11-20)19-24(3,22)23/h5-7,15,19H,4,8-12H2,1-3H3,(H,18,21). The Labute approximate surface area is 144 Å². The second kappa shape index (κ2) is 8.09. The lowest BCUT2D eigenvalue weighted by Crippen LogP contribution is -2.46. The van der Waals surface area contributed by atoms with Crippen molar-refractivity contribution in [2.45, 2.75) is 39.2 Å². The van der Waals surface area contributed by atoms with Crippen molar-refractivity contribution < 1.29 is 13.2 Å². The number of amides is 1. The van der Waals surface area contributed by atoms with Crippen LogP contribution in [0.5, 0.6) is 0 Å². The van der Waals surface area contributed by atoms with Crippen molar-refractivity contribution in [3.8, 4) is 0 Å². The minimum atomic E-state index is -3.17. The normalized spacial score (nSPS) is 17.0. The number of carbonyl (C=O) groups excluding carboxylic acids is 1.